The summed E-state index contributed by atoms with van der Waals surface area (Å²) in [7, 11) is 1.68. The fourth-order valence-corrected chi connectivity index (χ4v) is 1.64. The summed E-state index contributed by atoms with van der Waals surface area (Å²) in [6.45, 7) is 4.13. The Hall–Kier alpha value is -0.940. The molecule has 0 atom stereocenters. The SMILES string of the molecule is COc1cc(C)c(C#CCCBr)c(C)c1. The van der Waals surface area contributed by atoms with Crippen molar-refractivity contribution in [3.8, 4) is 17.6 Å². The van der Waals surface area contributed by atoms with Crippen molar-refractivity contribution in [1.29, 1.82) is 0 Å². The van der Waals surface area contributed by atoms with Gasteiger partial charge in [-0.15, -0.1) is 0 Å². The minimum absolute atomic E-state index is 0.880. The summed E-state index contributed by atoms with van der Waals surface area (Å²) in [6.07, 6.45) is 0.880. The quantitative estimate of drug-likeness (QED) is 0.589. The van der Waals surface area contributed by atoms with Crippen LogP contribution in [-0.4, -0.2) is 12.4 Å². The Morgan fingerprint density at radius 2 is 1.87 bits per heavy atom. The molecule has 80 valence electrons. The molecule has 1 aromatic rings. The molecule has 0 aliphatic rings. The maximum absolute atomic E-state index is 5.20. The Morgan fingerprint density at radius 1 is 1.27 bits per heavy atom. The van der Waals surface area contributed by atoms with Crippen molar-refractivity contribution in [2.45, 2.75) is 20.3 Å². The first-order chi connectivity index (χ1) is 7.19. The van der Waals surface area contributed by atoms with Crippen molar-refractivity contribution in [3.05, 3.63) is 28.8 Å². The molecule has 0 unspecified atom stereocenters. The van der Waals surface area contributed by atoms with E-state index < -0.39 is 0 Å². The Morgan fingerprint density at radius 3 is 2.33 bits per heavy atom. The molecular weight excluding hydrogens is 252 g/mol. The third-order valence-corrected chi connectivity index (χ3v) is 2.57. The lowest BCUT2D eigenvalue weighted by atomic mass is 10.0. The molecule has 0 aromatic heterocycles. The van der Waals surface area contributed by atoms with E-state index in [4.69, 9.17) is 4.74 Å². The van der Waals surface area contributed by atoms with Crippen molar-refractivity contribution in [1.82, 2.24) is 0 Å². The van der Waals surface area contributed by atoms with Gasteiger partial charge in [0.1, 0.15) is 5.75 Å². The van der Waals surface area contributed by atoms with Crippen molar-refractivity contribution in [2.75, 3.05) is 12.4 Å². The highest BCUT2D eigenvalue weighted by atomic mass is 79.9. The lowest BCUT2D eigenvalue weighted by molar-refractivity contribution is 0.414. The second-order valence-corrected chi connectivity index (χ2v) is 4.17. The van der Waals surface area contributed by atoms with Gasteiger partial charge in [0.05, 0.1) is 7.11 Å². The molecule has 1 aromatic carbocycles. The lowest BCUT2D eigenvalue weighted by Gasteiger charge is -2.06. The van der Waals surface area contributed by atoms with E-state index in [1.54, 1.807) is 7.11 Å². The summed E-state index contributed by atoms with van der Waals surface area (Å²) in [5, 5.41) is 0.925. The second-order valence-electron chi connectivity index (χ2n) is 3.38. The summed E-state index contributed by atoms with van der Waals surface area (Å²) in [5.74, 6) is 7.23. The maximum atomic E-state index is 5.20. The molecule has 0 radical (unpaired) electrons. The van der Waals surface area contributed by atoms with E-state index in [0.29, 0.717) is 0 Å². The number of alkyl halides is 1. The smallest absolute Gasteiger partial charge is 0.119 e. The summed E-state index contributed by atoms with van der Waals surface area (Å²) < 4.78 is 5.20. The highest BCUT2D eigenvalue weighted by Gasteiger charge is 2.02. The largest absolute Gasteiger partial charge is 0.497 e. The molecule has 0 heterocycles. The van der Waals surface area contributed by atoms with E-state index in [2.05, 4.69) is 41.6 Å². The summed E-state index contributed by atoms with van der Waals surface area (Å²) >= 11 is 3.36. The first-order valence-corrected chi connectivity index (χ1v) is 6.01. The first-order valence-electron chi connectivity index (χ1n) is 4.89. The highest BCUT2D eigenvalue weighted by Crippen LogP contribution is 2.20. The number of benzene rings is 1. The van der Waals surface area contributed by atoms with Gasteiger partial charge < -0.3 is 4.74 Å². The zero-order chi connectivity index (χ0) is 11.3. The fraction of sp³-hybridized carbons (Fsp3) is 0.385. The van der Waals surface area contributed by atoms with Crippen LogP contribution in [0.3, 0.4) is 0 Å². The average Bonchev–Trinajstić information content (AvgIpc) is 2.22. The van der Waals surface area contributed by atoms with E-state index >= 15 is 0 Å². The third kappa shape index (κ3) is 3.28. The number of rotatable bonds is 2. The predicted octanol–water partition coefficient (Wildman–Crippen LogP) is 3.45. The van der Waals surface area contributed by atoms with Gasteiger partial charge in [0.2, 0.25) is 0 Å². The monoisotopic (exact) mass is 266 g/mol. The Balaban J connectivity index is 3.05. The van der Waals surface area contributed by atoms with Crippen LogP contribution in [0.5, 0.6) is 5.75 Å². The van der Waals surface area contributed by atoms with Gasteiger partial charge in [-0.25, -0.2) is 0 Å². The minimum atomic E-state index is 0.880. The number of halogens is 1. The van der Waals surface area contributed by atoms with Crippen LogP contribution in [-0.2, 0) is 0 Å². The predicted molar refractivity (Wildman–Crippen MR) is 67.8 cm³/mol. The molecule has 0 saturated carbocycles. The topological polar surface area (TPSA) is 9.23 Å². The van der Waals surface area contributed by atoms with Crippen LogP contribution in [0.2, 0.25) is 0 Å². The molecule has 0 aliphatic carbocycles. The van der Waals surface area contributed by atoms with E-state index in [1.165, 1.54) is 11.1 Å². The molecular formula is C13H15BrO. The minimum Gasteiger partial charge on any atom is -0.497 e. The van der Waals surface area contributed by atoms with Crippen molar-refractivity contribution >= 4 is 15.9 Å². The summed E-state index contributed by atoms with van der Waals surface area (Å²) in [4.78, 5) is 0. The fourth-order valence-electron chi connectivity index (χ4n) is 1.44. The first kappa shape index (κ1) is 12.1. The molecule has 0 amide bonds. The van der Waals surface area contributed by atoms with E-state index in [0.717, 1.165) is 23.1 Å². The normalized spacial score (nSPS) is 9.33. The molecule has 1 nitrogen and oxygen atoms in total. The molecule has 15 heavy (non-hydrogen) atoms. The summed E-state index contributed by atoms with van der Waals surface area (Å²) in [5.41, 5.74) is 3.47. The van der Waals surface area contributed by atoms with E-state index in [9.17, 15) is 0 Å². The van der Waals surface area contributed by atoms with E-state index in [1.807, 2.05) is 12.1 Å². The molecule has 0 spiro atoms. The maximum Gasteiger partial charge on any atom is 0.119 e. The van der Waals surface area contributed by atoms with Crippen LogP contribution in [0, 0.1) is 25.7 Å². The lowest BCUT2D eigenvalue weighted by Crippen LogP contribution is -1.91. The van der Waals surface area contributed by atoms with Gasteiger partial charge in [-0.3, -0.25) is 0 Å². The van der Waals surface area contributed by atoms with Crippen LogP contribution in [0.25, 0.3) is 0 Å². The van der Waals surface area contributed by atoms with Crippen LogP contribution < -0.4 is 4.74 Å². The van der Waals surface area contributed by atoms with Gasteiger partial charge in [0.25, 0.3) is 0 Å². The number of hydrogen-bond donors (Lipinski definition) is 0. The Labute approximate surface area is 100.0 Å². The molecule has 0 bridgehead atoms. The number of aryl methyl sites for hydroxylation is 2. The molecule has 0 aliphatic heterocycles. The third-order valence-electron chi connectivity index (χ3n) is 2.17. The number of ether oxygens (including phenoxy) is 1. The van der Waals surface area contributed by atoms with Gasteiger partial charge >= 0.3 is 0 Å². The molecule has 0 fully saturated rings. The van der Waals surface area contributed by atoms with Crippen molar-refractivity contribution in [2.24, 2.45) is 0 Å². The Bertz CT molecular complexity index is 376. The zero-order valence-corrected chi connectivity index (χ0v) is 10.9. The zero-order valence-electron chi connectivity index (χ0n) is 9.36. The highest BCUT2D eigenvalue weighted by molar-refractivity contribution is 9.09. The van der Waals surface area contributed by atoms with Crippen LogP contribution in [0.4, 0.5) is 0 Å². The average molecular weight is 267 g/mol. The molecule has 0 saturated heterocycles. The van der Waals surface area contributed by atoms with E-state index in [-0.39, 0.29) is 0 Å². The molecule has 2 heteroatoms. The standard InChI is InChI=1S/C13H15BrO/c1-10-8-12(15-3)9-11(2)13(10)6-4-5-7-14/h8-9H,5,7H2,1-3H3. The van der Waals surface area contributed by atoms with Gasteiger partial charge in [0, 0.05) is 17.3 Å². The van der Waals surface area contributed by atoms with Gasteiger partial charge in [-0.1, -0.05) is 27.8 Å². The molecule has 0 N–H and O–H groups in total. The van der Waals surface area contributed by atoms with Gasteiger partial charge in [0.15, 0.2) is 0 Å². The van der Waals surface area contributed by atoms with Crippen LogP contribution >= 0.6 is 15.9 Å². The van der Waals surface area contributed by atoms with Crippen molar-refractivity contribution < 1.29 is 4.74 Å². The number of hydrogen-bond acceptors (Lipinski definition) is 1. The van der Waals surface area contributed by atoms with Gasteiger partial charge in [-0.05, 0) is 37.1 Å². The van der Waals surface area contributed by atoms with Crippen molar-refractivity contribution in [3.63, 3.8) is 0 Å². The van der Waals surface area contributed by atoms with Crippen LogP contribution in [0.1, 0.15) is 23.1 Å². The van der Waals surface area contributed by atoms with Gasteiger partial charge in [-0.2, -0.15) is 0 Å². The second kappa shape index (κ2) is 5.82. The Kier molecular flexibility index (Phi) is 4.71. The summed E-state index contributed by atoms with van der Waals surface area (Å²) in [6, 6.07) is 4.04. The number of methoxy groups -OCH3 is 1. The van der Waals surface area contributed by atoms with Crippen LogP contribution in [0.15, 0.2) is 12.1 Å². The molecule has 1 rings (SSSR count).